The van der Waals surface area contributed by atoms with Crippen LogP contribution in [-0.2, 0) is 13.0 Å². The van der Waals surface area contributed by atoms with Gasteiger partial charge in [0.1, 0.15) is 23.8 Å². The number of hydrogen-bond donors (Lipinski definition) is 1. The van der Waals surface area contributed by atoms with Crippen LogP contribution in [0.15, 0.2) is 30.7 Å². The fourth-order valence-corrected chi connectivity index (χ4v) is 4.96. The molecule has 34 heavy (non-hydrogen) atoms. The molecule has 5 rings (SSSR count). The summed E-state index contributed by atoms with van der Waals surface area (Å²) in [6.45, 7) is 7.87. The molecule has 0 saturated carbocycles. The molecular formula is C25H31F2N7. The molecule has 1 aromatic carbocycles. The minimum absolute atomic E-state index is 0.288. The number of benzene rings is 1. The Morgan fingerprint density at radius 2 is 1.82 bits per heavy atom. The van der Waals surface area contributed by atoms with E-state index in [1.807, 2.05) is 6.20 Å². The molecular weight excluding hydrogens is 436 g/mol. The zero-order chi connectivity index (χ0) is 23.7. The van der Waals surface area contributed by atoms with E-state index in [1.54, 1.807) is 6.07 Å². The highest BCUT2D eigenvalue weighted by atomic mass is 19.2. The smallest absolute Gasteiger partial charge is 0.159 e. The number of anilines is 2. The summed E-state index contributed by atoms with van der Waals surface area (Å²) in [6, 6.07) is 3.99. The van der Waals surface area contributed by atoms with Crippen LogP contribution in [-0.4, -0.2) is 57.1 Å². The minimum Gasteiger partial charge on any atom is -0.383 e. The average Bonchev–Trinajstić information content (AvgIpc) is 3.24. The Hall–Kier alpha value is -3.07. The molecule has 0 unspecified atom stereocenters. The van der Waals surface area contributed by atoms with Crippen LogP contribution in [0.25, 0.3) is 11.3 Å². The Kier molecular flexibility index (Phi) is 6.45. The van der Waals surface area contributed by atoms with E-state index >= 15 is 0 Å². The molecule has 3 aromatic rings. The van der Waals surface area contributed by atoms with Crippen LogP contribution in [0.5, 0.6) is 0 Å². The van der Waals surface area contributed by atoms with Crippen LogP contribution < -0.4 is 10.6 Å². The van der Waals surface area contributed by atoms with Gasteiger partial charge < -0.3 is 20.1 Å². The summed E-state index contributed by atoms with van der Waals surface area (Å²) in [7, 11) is 0. The maximum Gasteiger partial charge on any atom is 0.159 e. The molecule has 0 aliphatic carbocycles. The van der Waals surface area contributed by atoms with E-state index in [-0.39, 0.29) is 5.92 Å². The Bertz CT molecular complexity index is 1150. The molecule has 0 spiro atoms. The second kappa shape index (κ2) is 9.66. The van der Waals surface area contributed by atoms with E-state index in [9.17, 15) is 8.78 Å². The molecule has 0 radical (unpaired) electrons. The lowest BCUT2D eigenvalue weighted by molar-refractivity contribution is 0.173. The maximum absolute atomic E-state index is 13.9. The quantitative estimate of drug-likeness (QED) is 0.569. The highest BCUT2D eigenvalue weighted by molar-refractivity contribution is 5.59. The molecule has 2 saturated heterocycles. The van der Waals surface area contributed by atoms with E-state index in [0.717, 1.165) is 75.7 Å². The molecule has 180 valence electrons. The molecule has 9 heteroatoms. The molecule has 2 fully saturated rings. The van der Waals surface area contributed by atoms with Gasteiger partial charge in [0.05, 0.1) is 5.69 Å². The topological polar surface area (TPSA) is 76.1 Å². The third-order valence-corrected chi connectivity index (χ3v) is 7.10. The summed E-state index contributed by atoms with van der Waals surface area (Å²) in [5.41, 5.74) is 8.37. The normalized spacial score (nSPS) is 17.2. The van der Waals surface area contributed by atoms with Gasteiger partial charge in [-0.15, -0.1) is 0 Å². The Morgan fingerprint density at radius 1 is 1.03 bits per heavy atom. The van der Waals surface area contributed by atoms with Crippen LogP contribution in [0.4, 0.5) is 20.4 Å². The fraction of sp³-hybridized carbons (Fsp3) is 0.480. The lowest BCUT2D eigenvalue weighted by atomic mass is 9.95. The molecule has 0 bridgehead atoms. The lowest BCUT2D eigenvalue weighted by Crippen LogP contribution is -2.39. The van der Waals surface area contributed by atoms with Crippen molar-refractivity contribution < 1.29 is 8.78 Å². The number of halogens is 2. The number of nitrogens with two attached hydrogens (primary N) is 1. The van der Waals surface area contributed by atoms with Crippen molar-refractivity contribution in [3.05, 3.63) is 53.7 Å². The molecule has 2 N–H and O–H groups in total. The largest absolute Gasteiger partial charge is 0.383 e. The van der Waals surface area contributed by atoms with Gasteiger partial charge in [0.15, 0.2) is 11.6 Å². The third-order valence-electron chi connectivity index (χ3n) is 7.10. The third kappa shape index (κ3) is 4.49. The summed E-state index contributed by atoms with van der Waals surface area (Å²) in [4.78, 5) is 18.3. The summed E-state index contributed by atoms with van der Waals surface area (Å²) >= 11 is 0. The van der Waals surface area contributed by atoms with Crippen LogP contribution >= 0.6 is 0 Å². The monoisotopic (exact) mass is 467 g/mol. The van der Waals surface area contributed by atoms with E-state index in [1.165, 1.54) is 24.9 Å². The first-order valence-corrected chi connectivity index (χ1v) is 12.1. The number of piperidine rings is 1. The van der Waals surface area contributed by atoms with Crippen molar-refractivity contribution in [3.8, 4) is 11.3 Å². The predicted octanol–water partition coefficient (Wildman–Crippen LogP) is 3.85. The molecule has 4 heterocycles. The van der Waals surface area contributed by atoms with Gasteiger partial charge in [0, 0.05) is 49.4 Å². The van der Waals surface area contributed by atoms with Crippen molar-refractivity contribution in [2.75, 3.05) is 43.4 Å². The van der Waals surface area contributed by atoms with Crippen LogP contribution in [0.2, 0.25) is 0 Å². The van der Waals surface area contributed by atoms with E-state index < -0.39 is 11.6 Å². The summed E-state index contributed by atoms with van der Waals surface area (Å²) in [6.07, 6.45) is 7.44. The first kappa shape index (κ1) is 22.7. The molecule has 2 aliphatic rings. The molecule has 0 amide bonds. The van der Waals surface area contributed by atoms with Crippen molar-refractivity contribution in [3.63, 3.8) is 0 Å². The summed E-state index contributed by atoms with van der Waals surface area (Å²) < 4.78 is 29.6. The highest BCUT2D eigenvalue weighted by Gasteiger charge is 2.27. The number of nitrogens with zero attached hydrogens (tertiary/aromatic N) is 6. The van der Waals surface area contributed by atoms with Gasteiger partial charge in [-0.3, -0.25) is 0 Å². The first-order valence-electron chi connectivity index (χ1n) is 12.1. The molecule has 0 atom stereocenters. The van der Waals surface area contributed by atoms with E-state index in [2.05, 4.69) is 31.3 Å². The van der Waals surface area contributed by atoms with Crippen molar-refractivity contribution in [1.29, 1.82) is 0 Å². The summed E-state index contributed by atoms with van der Waals surface area (Å²) in [5, 5.41) is 0. The van der Waals surface area contributed by atoms with Crippen molar-refractivity contribution in [1.82, 2.24) is 24.4 Å². The Labute approximate surface area is 198 Å². The SMILES string of the molecule is CCc1c(N)ncnc1N1CCC(c2nc(-c3ccc(F)c(F)c3)cn2CCN2CCC2)CC1. The van der Waals surface area contributed by atoms with Gasteiger partial charge in [-0.1, -0.05) is 6.92 Å². The Morgan fingerprint density at radius 3 is 2.50 bits per heavy atom. The van der Waals surface area contributed by atoms with Crippen LogP contribution in [0.3, 0.4) is 0 Å². The van der Waals surface area contributed by atoms with Gasteiger partial charge in [-0.05, 0) is 57.0 Å². The van der Waals surface area contributed by atoms with Crippen molar-refractivity contribution >= 4 is 11.6 Å². The number of nitrogen functional groups attached to an aromatic ring is 1. The van der Waals surface area contributed by atoms with Gasteiger partial charge in [0.25, 0.3) is 0 Å². The zero-order valence-electron chi connectivity index (χ0n) is 19.6. The number of rotatable bonds is 7. The molecule has 7 nitrogen and oxygen atoms in total. The average molecular weight is 468 g/mol. The fourth-order valence-electron chi connectivity index (χ4n) is 4.96. The molecule has 2 aromatic heterocycles. The number of aromatic nitrogens is 4. The van der Waals surface area contributed by atoms with Crippen LogP contribution in [0.1, 0.15) is 43.5 Å². The van der Waals surface area contributed by atoms with Gasteiger partial charge in [-0.25, -0.2) is 23.7 Å². The Balaban J connectivity index is 1.37. The standard InChI is InChI=1S/C25H31F2N7/c1-2-19-23(28)29-16-30-25(19)33-10-6-17(7-11-33)24-31-22(18-4-5-20(26)21(27)14-18)15-34(24)13-12-32-8-3-9-32/h4-5,14-17H,2-3,6-13H2,1H3,(H2,28,29,30). The maximum atomic E-state index is 13.9. The van der Waals surface area contributed by atoms with Gasteiger partial charge >= 0.3 is 0 Å². The second-order valence-corrected chi connectivity index (χ2v) is 9.18. The number of hydrogen-bond acceptors (Lipinski definition) is 6. The minimum atomic E-state index is -0.849. The van der Waals surface area contributed by atoms with Crippen LogP contribution in [0, 0.1) is 11.6 Å². The van der Waals surface area contributed by atoms with Crippen molar-refractivity contribution in [2.24, 2.45) is 0 Å². The summed E-state index contributed by atoms with van der Waals surface area (Å²) in [5.74, 6) is 1.10. The van der Waals surface area contributed by atoms with Gasteiger partial charge in [-0.2, -0.15) is 0 Å². The van der Waals surface area contributed by atoms with E-state index in [4.69, 9.17) is 10.7 Å². The first-order chi connectivity index (χ1) is 16.5. The highest BCUT2D eigenvalue weighted by Crippen LogP contribution is 2.33. The van der Waals surface area contributed by atoms with Crippen molar-refractivity contribution in [2.45, 2.75) is 45.1 Å². The predicted molar refractivity (Wildman–Crippen MR) is 129 cm³/mol. The second-order valence-electron chi connectivity index (χ2n) is 9.18. The van der Waals surface area contributed by atoms with E-state index in [0.29, 0.717) is 17.1 Å². The zero-order valence-corrected chi connectivity index (χ0v) is 19.6. The lowest BCUT2D eigenvalue weighted by Gasteiger charge is -2.34. The number of likely N-dealkylation sites (tertiary alicyclic amines) is 1. The number of imidazole rings is 1. The van der Waals surface area contributed by atoms with Gasteiger partial charge in [0.2, 0.25) is 0 Å². The molecule has 2 aliphatic heterocycles.